The van der Waals surface area contributed by atoms with E-state index < -0.39 is 0 Å². The molecule has 2 N–H and O–H groups in total. The summed E-state index contributed by atoms with van der Waals surface area (Å²) < 4.78 is 5.90. The molecule has 1 heterocycles. The third kappa shape index (κ3) is 10.1. The van der Waals surface area contributed by atoms with E-state index in [0.717, 1.165) is 38.4 Å². The molecule has 1 aromatic rings. The van der Waals surface area contributed by atoms with Crippen LogP contribution in [0.1, 0.15) is 58.1 Å². The molecule has 0 radical (unpaired) electrons. The number of piperidine rings is 1. The molecule has 6 nitrogen and oxygen atoms in total. The lowest BCUT2D eigenvalue weighted by molar-refractivity contribution is -0.132. The van der Waals surface area contributed by atoms with Crippen molar-refractivity contribution in [3.8, 4) is 0 Å². The normalized spacial score (nSPS) is 17.8. The van der Waals surface area contributed by atoms with Gasteiger partial charge in [0, 0.05) is 45.8 Å². The third-order valence-electron chi connectivity index (χ3n) is 5.19. The molecule has 0 aromatic heterocycles. The second-order valence-corrected chi connectivity index (χ2v) is 7.80. The van der Waals surface area contributed by atoms with Crippen molar-refractivity contribution in [2.45, 2.75) is 52.6 Å². The first-order valence-electron chi connectivity index (χ1n) is 11.1. The zero-order chi connectivity index (χ0) is 20.9. The first-order valence-corrected chi connectivity index (χ1v) is 11.1. The Hall–Kier alpha value is -1.35. The Morgan fingerprint density at radius 1 is 1.30 bits per heavy atom. The van der Waals surface area contributed by atoms with Crippen molar-refractivity contribution in [3.63, 3.8) is 0 Å². The summed E-state index contributed by atoms with van der Waals surface area (Å²) in [6.07, 6.45) is 3.81. The van der Waals surface area contributed by atoms with Crippen LogP contribution in [-0.2, 0) is 9.53 Å². The quantitative estimate of drug-likeness (QED) is 0.208. The molecule has 1 aliphatic rings. The van der Waals surface area contributed by atoms with Crippen molar-refractivity contribution >= 4 is 35.8 Å². The molecule has 0 saturated carbocycles. The summed E-state index contributed by atoms with van der Waals surface area (Å²) in [5, 5.41) is 6.52. The Balaban J connectivity index is 0.00000450. The Kier molecular flexibility index (Phi) is 13.7. The Morgan fingerprint density at radius 2 is 2.07 bits per heavy atom. The highest BCUT2D eigenvalue weighted by Crippen LogP contribution is 2.16. The van der Waals surface area contributed by atoms with Gasteiger partial charge in [0.2, 0.25) is 5.91 Å². The van der Waals surface area contributed by atoms with Gasteiger partial charge in [0.15, 0.2) is 5.96 Å². The average molecular weight is 530 g/mol. The minimum Gasteiger partial charge on any atom is -0.374 e. The summed E-state index contributed by atoms with van der Waals surface area (Å²) in [6, 6.07) is 10.2. The van der Waals surface area contributed by atoms with E-state index in [0.29, 0.717) is 32.0 Å². The van der Waals surface area contributed by atoms with Crippen LogP contribution >= 0.6 is 24.0 Å². The van der Waals surface area contributed by atoms with Crippen molar-refractivity contribution in [2.75, 3.05) is 39.3 Å². The van der Waals surface area contributed by atoms with E-state index in [2.05, 4.69) is 41.6 Å². The molecule has 170 valence electrons. The maximum atomic E-state index is 12.4. The number of guanidine groups is 1. The number of aliphatic imine (C=N–C) groups is 1. The van der Waals surface area contributed by atoms with E-state index in [1.165, 1.54) is 12.0 Å². The van der Waals surface area contributed by atoms with Crippen molar-refractivity contribution in [1.29, 1.82) is 0 Å². The van der Waals surface area contributed by atoms with Crippen LogP contribution in [0.15, 0.2) is 35.3 Å². The van der Waals surface area contributed by atoms with Gasteiger partial charge in [-0.1, -0.05) is 37.3 Å². The Morgan fingerprint density at radius 3 is 2.77 bits per heavy atom. The number of rotatable bonds is 10. The molecule has 0 spiro atoms. The molecule has 1 amide bonds. The highest BCUT2D eigenvalue weighted by atomic mass is 127. The number of carbonyl (C=O) groups excluding carboxylic acids is 1. The van der Waals surface area contributed by atoms with Gasteiger partial charge in [-0.15, -0.1) is 24.0 Å². The van der Waals surface area contributed by atoms with E-state index in [-0.39, 0.29) is 36.0 Å². The van der Waals surface area contributed by atoms with Crippen LogP contribution in [0.4, 0.5) is 0 Å². The number of nitrogens with zero attached hydrogens (tertiary/aromatic N) is 2. The maximum Gasteiger partial charge on any atom is 0.224 e. The topological polar surface area (TPSA) is 66.0 Å². The highest BCUT2D eigenvalue weighted by Gasteiger charge is 2.20. The van der Waals surface area contributed by atoms with Gasteiger partial charge in [-0.2, -0.15) is 0 Å². The molecular weight excluding hydrogens is 491 g/mol. The van der Waals surface area contributed by atoms with Gasteiger partial charge in [0.05, 0.1) is 6.10 Å². The van der Waals surface area contributed by atoms with Crippen LogP contribution < -0.4 is 10.6 Å². The van der Waals surface area contributed by atoms with Gasteiger partial charge < -0.3 is 20.3 Å². The van der Waals surface area contributed by atoms with Gasteiger partial charge in [-0.3, -0.25) is 9.79 Å². The number of nitrogens with one attached hydrogen (secondary N) is 2. The van der Waals surface area contributed by atoms with Gasteiger partial charge in [-0.05, 0) is 44.6 Å². The van der Waals surface area contributed by atoms with Crippen LogP contribution in [0, 0.1) is 5.92 Å². The zero-order valence-electron chi connectivity index (χ0n) is 18.7. The number of benzene rings is 1. The van der Waals surface area contributed by atoms with Crippen LogP contribution in [0.5, 0.6) is 0 Å². The predicted octanol–water partition coefficient (Wildman–Crippen LogP) is 3.98. The minimum atomic E-state index is 0. The number of hydrogen-bond acceptors (Lipinski definition) is 3. The molecule has 0 bridgehead atoms. The van der Waals surface area contributed by atoms with Crippen LogP contribution in [0.2, 0.25) is 0 Å². The fourth-order valence-electron chi connectivity index (χ4n) is 3.54. The molecule has 7 heteroatoms. The Bertz CT molecular complexity index is 627. The van der Waals surface area contributed by atoms with Crippen molar-refractivity contribution in [2.24, 2.45) is 10.9 Å². The van der Waals surface area contributed by atoms with E-state index >= 15 is 0 Å². The number of halogens is 1. The summed E-state index contributed by atoms with van der Waals surface area (Å²) in [4.78, 5) is 19.0. The second-order valence-electron chi connectivity index (χ2n) is 7.80. The van der Waals surface area contributed by atoms with Crippen LogP contribution in [0.25, 0.3) is 0 Å². The zero-order valence-corrected chi connectivity index (χ0v) is 21.1. The molecule has 2 unspecified atom stereocenters. The highest BCUT2D eigenvalue weighted by molar-refractivity contribution is 14.0. The number of likely N-dealkylation sites (tertiary alicyclic amines) is 1. The molecule has 30 heavy (non-hydrogen) atoms. The van der Waals surface area contributed by atoms with Crippen LogP contribution in [-0.4, -0.2) is 56.1 Å². The summed E-state index contributed by atoms with van der Waals surface area (Å²) in [5.41, 5.74) is 1.19. The fourth-order valence-corrected chi connectivity index (χ4v) is 3.54. The van der Waals surface area contributed by atoms with E-state index in [4.69, 9.17) is 4.74 Å². The molecule has 2 rings (SSSR count). The maximum absolute atomic E-state index is 12.4. The molecule has 0 aliphatic carbocycles. The lowest BCUT2D eigenvalue weighted by atomic mass is 10.00. The largest absolute Gasteiger partial charge is 0.374 e. The van der Waals surface area contributed by atoms with E-state index in [9.17, 15) is 4.79 Å². The minimum absolute atomic E-state index is 0. The van der Waals surface area contributed by atoms with Crippen LogP contribution in [0.3, 0.4) is 0 Å². The standard InChI is InChI=1S/C23H38N4O2.HI/c1-4-24-23(26-15-13-22(28)27-16-8-10-19(2)18-27)25-14-9-17-29-20(3)21-11-6-5-7-12-21;/h5-7,11-12,19-20H,4,8-10,13-18H2,1-3H3,(H2,24,25,26);1H. The fraction of sp³-hybridized carbons (Fsp3) is 0.652. The van der Waals surface area contributed by atoms with Crippen molar-refractivity contribution in [1.82, 2.24) is 15.5 Å². The van der Waals surface area contributed by atoms with Gasteiger partial charge in [-0.25, -0.2) is 0 Å². The summed E-state index contributed by atoms with van der Waals surface area (Å²) in [7, 11) is 0. The third-order valence-corrected chi connectivity index (χ3v) is 5.19. The van der Waals surface area contributed by atoms with E-state index in [1.807, 2.05) is 30.0 Å². The molecule has 1 aliphatic heterocycles. The smallest absolute Gasteiger partial charge is 0.224 e. The molecular formula is C23H39IN4O2. The van der Waals surface area contributed by atoms with Gasteiger partial charge in [0.1, 0.15) is 0 Å². The number of hydrogen-bond donors (Lipinski definition) is 2. The van der Waals surface area contributed by atoms with Crippen molar-refractivity contribution in [3.05, 3.63) is 35.9 Å². The lowest BCUT2D eigenvalue weighted by Crippen LogP contribution is -2.42. The second kappa shape index (κ2) is 15.5. The summed E-state index contributed by atoms with van der Waals surface area (Å²) >= 11 is 0. The molecule has 1 saturated heterocycles. The van der Waals surface area contributed by atoms with Gasteiger partial charge >= 0.3 is 0 Å². The van der Waals surface area contributed by atoms with Crippen molar-refractivity contribution < 1.29 is 9.53 Å². The number of ether oxygens (including phenoxy) is 1. The first kappa shape index (κ1) is 26.7. The lowest BCUT2D eigenvalue weighted by Gasteiger charge is -2.31. The predicted molar refractivity (Wildman–Crippen MR) is 134 cm³/mol. The summed E-state index contributed by atoms with van der Waals surface area (Å²) in [6.45, 7) is 10.9. The van der Waals surface area contributed by atoms with Gasteiger partial charge in [0.25, 0.3) is 0 Å². The average Bonchev–Trinajstić information content (AvgIpc) is 2.73. The molecule has 1 aromatic carbocycles. The van der Waals surface area contributed by atoms with E-state index in [1.54, 1.807) is 0 Å². The Labute approximate surface area is 199 Å². The first-order chi connectivity index (χ1) is 14.1. The summed E-state index contributed by atoms with van der Waals surface area (Å²) in [5.74, 6) is 1.62. The SMILES string of the molecule is CCNC(=NCCCOC(C)c1ccccc1)NCCC(=O)N1CCCC(C)C1.I. The molecule has 1 fully saturated rings. The number of amides is 1. The number of carbonyl (C=O) groups is 1. The monoisotopic (exact) mass is 530 g/mol. The molecule has 2 atom stereocenters.